The van der Waals surface area contributed by atoms with Crippen molar-refractivity contribution in [2.75, 3.05) is 26.1 Å². The average molecular weight is 477 g/mol. The summed E-state index contributed by atoms with van der Waals surface area (Å²) in [6, 6.07) is 12.1. The van der Waals surface area contributed by atoms with E-state index in [4.69, 9.17) is 9.47 Å². The number of rotatable bonds is 6. The third-order valence-electron chi connectivity index (χ3n) is 4.03. The molecule has 1 saturated heterocycles. The quantitative estimate of drug-likeness (QED) is 0.630. The van der Waals surface area contributed by atoms with Crippen LogP contribution in [0.15, 0.2) is 51.8 Å². The summed E-state index contributed by atoms with van der Waals surface area (Å²) in [5.74, 6) is 0.227. The van der Waals surface area contributed by atoms with Crippen LogP contribution >= 0.6 is 27.7 Å². The van der Waals surface area contributed by atoms with Crippen LogP contribution in [0.2, 0.25) is 0 Å². The van der Waals surface area contributed by atoms with Gasteiger partial charge in [-0.25, -0.2) is 0 Å². The van der Waals surface area contributed by atoms with E-state index in [0.29, 0.717) is 22.7 Å². The first-order valence-electron chi connectivity index (χ1n) is 8.44. The zero-order chi connectivity index (χ0) is 21.0. The van der Waals surface area contributed by atoms with Crippen LogP contribution in [-0.2, 0) is 9.59 Å². The predicted molar refractivity (Wildman–Crippen MR) is 115 cm³/mol. The highest BCUT2D eigenvalue weighted by molar-refractivity contribution is 9.10. The van der Waals surface area contributed by atoms with Crippen molar-refractivity contribution in [3.8, 4) is 11.5 Å². The second-order valence-corrected chi connectivity index (χ2v) is 7.84. The van der Waals surface area contributed by atoms with Gasteiger partial charge in [0.2, 0.25) is 5.91 Å². The Morgan fingerprint density at radius 1 is 1.14 bits per heavy atom. The molecule has 1 N–H and O–H groups in total. The van der Waals surface area contributed by atoms with E-state index >= 15 is 0 Å². The van der Waals surface area contributed by atoms with Crippen LogP contribution in [-0.4, -0.2) is 42.7 Å². The van der Waals surface area contributed by atoms with Crippen molar-refractivity contribution in [1.82, 2.24) is 4.90 Å². The van der Waals surface area contributed by atoms with Gasteiger partial charge in [0, 0.05) is 15.7 Å². The molecule has 1 heterocycles. The minimum atomic E-state index is -0.521. The second-order valence-electron chi connectivity index (χ2n) is 5.93. The maximum Gasteiger partial charge on any atom is 0.294 e. The van der Waals surface area contributed by atoms with E-state index in [2.05, 4.69) is 21.2 Å². The summed E-state index contributed by atoms with van der Waals surface area (Å²) in [5.41, 5.74) is 1.19. The predicted octanol–water partition coefficient (Wildman–Crippen LogP) is 4.14. The van der Waals surface area contributed by atoms with Gasteiger partial charge in [-0.05, 0) is 60.3 Å². The number of halogens is 1. The van der Waals surface area contributed by atoms with Crippen LogP contribution in [0.1, 0.15) is 5.56 Å². The van der Waals surface area contributed by atoms with E-state index in [1.807, 2.05) is 6.07 Å². The lowest BCUT2D eigenvalue weighted by atomic mass is 10.2. The number of nitrogens with zero attached hydrogens (tertiary/aromatic N) is 1. The van der Waals surface area contributed by atoms with E-state index in [-0.39, 0.29) is 11.4 Å². The molecule has 9 heteroatoms. The molecule has 0 unspecified atom stereocenters. The van der Waals surface area contributed by atoms with Gasteiger partial charge in [0.05, 0.1) is 19.1 Å². The van der Waals surface area contributed by atoms with Crippen molar-refractivity contribution >= 4 is 56.5 Å². The number of hydrogen-bond acceptors (Lipinski definition) is 6. The number of thioether (sulfide) groups is 1. The molecule has 0 spiro atoms. The van der Waals surface area contributed by atoms with E-state index in [1.165, 1.54) is 7.11 Å². The normalized spacial score (nSPS) is 15.0. The molecule has 3 rings (SSSR count). The molecule has 7 nitrogen and oxygen atoms in total. The Kier molecular flexibility index (Phi) is 6.60. The maximum absolute atomic E-state index is 12.6. The van der Waals surface area contributed by atoms with Crippen molar-refractivity contribution in [3.63, 3.8) is 0 Å². The van der Waals surface area contributed by atoms with Gasteiger partial charge in [-0.1, -0.05) is 15.9 Å². The van der Waals surface area contributed by atoms with Crippen molar-refractivity contribution in [2.45, 2.75) is 0 Å². The molecule has 2 aromatic carbocycles. The third-order valence-corrected chi connectivity index (χ3v) is 5.43. The number of nitrogens with one attached hydrogen (secondary N) is 1. The van der Waals surface area contributed by atoms with E-state index < -0.39 is 17.1 Å². The van der Waals surface area contributed by atoms with Crippen molar-refractivity contribution in [2.24, 2.45) is 0 Å². The molecule has 1 fully saturated rings. The smallest absolute Gasteiger partial charge is 0.294 e. The summed E-state index contributed by atoms with van der Waals surface area (Å²) in [6.45, 7) is -0.371. The SMILES string of the molecule is COc1ccc(NC(=O)CN2C(=O)S/C(=C/c3cc(Br)ccc3OC)C2=O)cc1. The van der Waals surface area contributed by atoms with Crippen molar-refractivity contribution < 1.29 is 23.9 Å². The maximum atomic E-state index is 12.6. The van der Waals surface area contributed by atoms with E-state index in [9.17, 15) is 14.4 Å². The number of benzene rings is 2. The minimum absolute atomic E-state index is 0.226. The van der Waals surface area contributed by atoms with Crippen LogP contribution < -0.4 is 14.8 Å². The van der Waals surface area contributed by atoms with Crippen LogP contribution in [0.4, 0.5) is 10.5 Å². The minimum Gasteiger partial charge on any atom is -0.497 e. The molecule has 0 atom stereocenters. The Bertz CT molecular complexity index is 991. The number of methoxy groups -OCH3 is 2. The molecule has 0 bridgehead atoms. The summed E-state index contributed by atoms with van der Waals surface area (Å²) in [7, 11) is 3.07. The number of carbonyl (C=O) groups is 3. The second kappa shape index (κ2) is 9.15. The summed E-state index contributed by atoms with van der Waals surface area (Å²) in [4.78, 5) is 38.3. The van der Waals surface area contributed by atoms with Crippen molar-refractivity contribution in [3.05, 3.63) is 57.4 Å². The molecule has 2 aromatic rings. The summed E-state index contributed by atoms with van der Waals surface area (Å²) < 4.78 is 11.2. The molecule has 150 valence electrons. The molecule has 0 aliphatic carbocycles. The zero-order valence-electron chi connectivity index (χ0n) is 15.6. The van der Waals surface area contributed by atoms with Gasteiger partial charge in [-0.2, -0.15) is 0 Å². The standard InChI is InChI=1S/C20H17BrN2O5S/c1-27-15-6-4-14(5-7-15)22-18(24)11-23-19(25)17(29-20(23)26)10-12-9-13(21)3-8-16(12)28-2/h3-10H,11H2,1-2H3,(H,22,24)/b17-10+. The lowest BCUT2D eigenvalue weighted by molar-refractivity contribution is -0.127. The summed E-state index contributed by atoms with van der Waals surface area (Å²) >= 11 is 4.16. The highest BCUT2D eigenvalue weighted by Gasteiger charge is 2.36. The highest BCUT2D eigenvalue weighted by atomic mass is 79.9. The fourth-order valence-corrected chi connectivity index (χ4v) is 3.82. The number of imide groups is 1. The Morgan fingerprint density at radius 3 is 2.52 bits per heavy atom. The van der Waals surface area contributed by atoms with Gasteiger partial charge in [-0.3, -0.25) is 19.3 Å². The van der Waals surface area contributed by atoms with E-state index in [1.54, 1.807) is 49.6 Å². The van der Waals surface area contributed by atoms with Crippen LogP contribution in [0.5, 0.6) is 11.5 Å². The molecule has 0 saturated carbocycles. The number of anilines is 1. The summed E-state index contributed by atoms with van der Waals surface area (Å²) in [6.07, 6.45) is 1.58. The first kappa shape index (κ1) is 20.9. The van der Waals surface area contributed by atoms with Gasteiger partial charge in [-0.15, -0.1) is 0 Å². The Labute approximate surface area is 180 Å². The number of carbonyl (C=O) groups excluding carboxylic acids is 3. The first-order chi connectivity index (χ1) is 13.9. The first-order valence-corrected chi connectivity index (χ1v) is 10.0. The monoisotopic (exact) mass is 476 g/mol. The van der Waals surface area contributed by atoms with E-state index in [0.717, 1.165) is 21.1 Å². The molecular weight excluding hydrogens is 460 g/mol. The van der Waals surface area contributed by atoms with Crippen molar-refractivity contribution in [1.29, 1.82) is 0 Å². The number of ether oxygens (including phenoxy) is 2. The Morgan fingerprint density at radius 2 is 1.86 bits per heavy atom. The molecule has 1 aliphatic heterocycles. The van der Waals surface area contributed by atoms with Crippen LogP contribution in [0.25, 0.3) is 6.08 Å². The Balaban J connectivity index is 1.71. The zero-order valence-corrected chi connectivity index (χ0v) is 18.0. The molecule has 29 heavy (non-hydrogen) atoms. The van der Waals surface area contributed by atoms with Gasteiger partial charge < -0.3 is 14.8 Å². The largest absolute Gasteiger partial charge is 0.497 e. The third kappa shape index (κ3) is 4.99. The Hall–Kier alpha value is -2.78. The number of amides is 3. The highest BCUT2D eigenvalue weighted by Crippen LogP contribution is 2.34. The fraction of sp³-hybridized carbons (Fsp3) is 0.150. The molecular formula is C20H17BrN2O5S. The van der Waals surface area contributed by atoms with Gasteiger partial charge in [0.25, 0.3) is 11.1 Å². The molecule has 0 aromatic heterocycles. The summed E-state index contributed by atoms with van der Waals surface area (Å²) in [5, 5.41) is 2.16. The fourth-order valence-electron chi connectivity index (χ4n) is 2.61. The average Bonchev–Trinajstić information content (AvgIpc) is 2.96. The van der Waals surface area contributed by atoms with Crippen LogP contribution in [0, 0.1) is 0 Å². The van der Waals surface area contributed by atoms with Gasteiger partial charge in [0.15, 0.2) is 0 Å². The van der Waals surface area contributed by atoms with Gasteiger partial charge in [0.1, 0.15) is 18.0 Å². The lowest BCUT2D eigenvalue weighted by Crippen LogP contribution is -2.36. The van der Waals surface area contributed by atoms with Crippen LogP contribution in [0.3, 0.4) is 0 Å². The topological polar surface area (TPSA) is 84.9 Å². The van der Waals surface area contributed by atoms with Gasteiger partial charge >= 0.3 is 0 Å². The molecule has 3 amide bonds. The number of hydrogen-bond donors (Lipinski definition) is 1. The molecule has 0 radical (unpaired) electrons. The lowest BCUT2D eigenvalue weighted by Gasteiger charge is -2.12. The molecule has 1 aliphatic rings.